The highest BCUT2D eigenvalue weighted by Gasteiger charge is 2.52. The fourth-order valence-electron chi connectivity index (χ4n) is 4.09. The van der Waals surface area contributed by atoms with E-state index in [2.05, 4.69) is 15.3 Å². The Hall–Kier alpha value is -5.32. The van der Waals surface area contributed by atoms with Crippen molar-refractivity contribution in [1.29, 1.82) is 0 Å². The normalized spacial score (nSPS) is 11.6. The van der Waals surface area contributed by atoms with E-state index in [0.717, 1.165) is 0 Å². The van der Waals surface area contributed by atoms with E-state index in [1.165, 1.54) is 39.5 Å². The Morgan fingerprint density at radius 1 is 0.750 bits per heavy atom. The standard InChI is InChI=1S/C29H27N3O8/c1-36-21-14-16-22(17-15-21)39-28(35)32-25(40-27-30-23(37-2)18-24(31-27)38-3)29(26(33)34,19-10-6-4-7-11-19)20-12-8-5-9-13-20/h4-18,25H,1-3H3,(H,32,35)(H,33,34)/t25-/m1/s1. The molecule has 0 fully saturated rings. The zero-order chi connectivity index (χ0) is 28.5. The molecule has 0 radical (unpaired) electrons. The largest absolute Gasteiger partial charge is 0.497 e. The molecule has 11 nitrogen and oxygen atoms in total. The zero-order valence-corrected chi connectivity index (χ0v) is 21.9. The second kappa shape index (κ2) is 12.5. The molecule has 0 aliphatic heterocycles. The summed E-state index contributed by atoms with van der Waals surface area (Å²) in [6.45, 7) is 0. The first-order chi connectivity index (χ1) is 19.4. The molecule has 206 valence electrons. The van der Waals surface area contributed by atoms with Crippen molar-refractivity contribution in [3.8, 4) is 29.3 Å². The number of carboxylic acids is 1. The highest BCUT2D eigenvalue weighted by Crippen LogP contribution is 2.38. The van der Waals surface area contributed by atoms with E-state index in [0.29, 0.717) is 16.9 Å². The number of nitrogens with one attached hydrogen (secondary N) is 1. The highest BCUT2D eigenvalue weighted by atomic mass is 16.6. The average molecular weight is 546 g/mol. The molecule has 0 spiro atoms. The van der Waals surface area contributed by atoms with Gasteiger partial charge in [0.15, 0.2) is 5.41 Å². The van der Waals surface area contributed by atoms with Crippen LogP contribution in [-0.4, -0.2) is 54.7 Å². The first-order valence-electron chi connectivity index (χ1n) is 12.0. The molecule has 3 aromatic carbocycles. The number of nitrogens with zero attached hydrogens (tertiary/aromatic N) is 2. The number of aliphatic carboxylic acids is 1. The maximum atomic E-state index is 13.3. The number of aromatic nitrogens is 2. The predicted molar refractivity (Wildman–Crippen MR) is 143 cm³/mol. The molecule has 1 heterocycles. The van der Waals surface area contributed by atoms with Gasteiger partial charge in [0.05, 0.1) is 27.4 Å². The van der Waals surface area contributed by atoms with Gasteiger partial charge in [0.25, 0.3) is 0 Å². The molecule has 1 atom stereocenters. The van der Waals surface area contributed by atoms with Crippen LogP contribution < -0.4 is 29.0 Å². The van der Waals surface area contributed by atoms with Gasteiger partial charge in [0.2, 0.25) is 18.0 Å². The molecule has 4 aromatic rings. The van der Waals surface area contributed by atoms with Gasteiger partial charge < -0.3 is 28.8 Å². The van der Waals surface area contributed by atoms with E-state index < -0.39 is 23.7 Å². The quantitative estimate of drug-likeness (QED) is 0.265. The van der Waals surface area contributed by atoms with Crippen LogP contribution in [0.15, 0.2) is 91.0 Å². The van der Waals surface area contributed by atoms with E-state index in [9.17, 15) is 14.7 Å². The Balaban J connectivity index is 1.84. The summed E-state index contributed by atoms with van der Waals surface area (Å²) in [6, 6.07) is 24.2. The monoisotopic (exact) mass is 545 g/mol. The first-order valence-corrected chi connectivity index (χ1v) is 12.0. The van der Waals surface area contributed by atoms with E-state index in [4.69, 9.17) is 23.7 Å². The van der Waals surface area contributed by atoms with Crippen molar-refractivity contribution in [2.75, 3.05) is 21.3 Å². The summed E-state index contributed by atoms with van der Waals surface area (Å²) in [4.78, 5) is 34.9. The van der Waals surface area contributed by atoms with Crippen LogP contribution in [0.1, 0.15) is 11.1 Å². The van der Waals surface area contributed by atoms with Gasteiger partial charge in [-0.15, -0.1) is 0 Å². The highest BCUT2D eigenvalue weighted by molar-refractivity contribution is 5.88. The van der Waals surface area contributed by atoms with Gasteiger partial charge in [-0.3, -0.25) is 10.1 Å². The van der Waals surface area contributed by atoms with Crippen LogP contribution in [0.25, 0.3) is 0 Å². The van der Waals surface area contributed by atoms with Gasteiger partial charge in [-0.25, -0.2) is 4.79 Å². The van der Waals surface area contributed by atoms with Gasteiger partial charge in [0.1, 0.15) is 11.5 Å². The van der Waals surface area contributed by atoms with Crippen LogP contribution in [0, 0.1) is 0 Å². The number of methoxy groups -OCH3 is 3. The number of amides is 1. The maximum absolute atomic E-state index is 13.3. The van der Waals surface area contributed by atoms with Crippen LogP contribution in [-0.2, 0) is 10.2 Å². The molecular weight excluding hydrogens is 518 g/mol. The number of carboxylic acid groups (broad SMARTS) is 1. The van der Waals surface area contributed by atoms with Gasteiger partial charge >= 0.3 is 18.1 Å². The van der Waals surface area contributed by atoms with Crippen molar-refractivity contribution in [1.82, 2.24) is 15.3 Å². The van der Waals surface area contributed by atoms with Gasteiger partial charge in [-0.1, -0.05) is 60.7 Å². The molecule has 2 N–H and O–H groups in total. The Morgan fingerprint density at radius 3 is 1.70 bits per heavy atom. The summed E-state index contributed by atoms with van der Waals surface area (Å²) in [5, 5.41) is 13.4. The lowest BCUT2D eigenvalue weighted by atomic mass is 9.72. The molecule has 0 saturated carbocycles. The third-order valence-electron chi connectivity index (χ3n) is 6.01. The molecule has 0 saturated heterocycles. The third-order valence-corrected chi connectivity index (χ3v) is 6.01. The minimum absolute atomic E-state index is 0.0988. The molecule has 0 unspecified atom stereocenters. The predicted octanol–water partition coefficient (Wildman–Crippen LogP) is 4.07. The summed E-state index contributed by atoms with van der Waals surface area (Å²) in [6.07, 6.45) is -2.61. The van der Waals surface area contributed by atoms with Crippen LogP contribution in [0.5, 0.6) is 29.3 Å². The van der Waals surface area contributed by atoms with Crippen LogP contribution >= 0.6 is 0 Å². The Bertz CT molecular complexity index is 1370. The number of hydrogen-bond acceptors (Lipinski definition) is 9. The van der Waals surface area contributed by atoms with Crippen LogP contribution in [0.2, 0.25) is 0 Å². The summed E-state index contributed by atoms with van der Waals surface area (Å²) in [5.41, 5.74) is -1.35. The molecule has 40 heavy (non-hydrogen) atoms. The molecule has 4 rings (SSSR count). The summed E-state index contributed by atoms with van der Waals surface area (Å²) in [7, 11) is 4.30. The number of benzene rings is 3. The van der Waals surface area contributed by atoms with Crippen molar-refractivity contribution in [2.45, 2.75) is 11.6 Å². The Kier molecular flexibility index (Phi) is 8.65. The second-order valence-corrected chi connectivity index (χ2v) is 8.29. The van der Waals surface area contributed by atoms with Crippen molar-refractivity contribution >= 4 is 12.1 Å². The number of carbonyl (C=O) groups excluding carboxylic acids is 1. The Labute approximate surface area is 230 Å². The van der Waals surface area contributed by atoms with Crippen molar-refractivity contribution < 1.29 is 38.4 Å². The number of rotatable bonds is 11. The molecule has 1 aromatic heterocycles. The number of ether oxygens (including phenoxy) is 5. The molecule has 0 aliphatic rings. The molecular formula is C29H27N3O8. The van der Waals surface area contributed by atoms with E-state index in [-0.39, 0.29) is 23.5 Å². The summed E-state index contributed by atoms with van der Waals surface area (Å²) in [5.74, 6) is -0.356. The van der Waals surface area contributed by atoms with Gasteiger partial charge in [-0.2, -0.15) is 9.97 Å². The van der Waals surface area contributed by atoms with E-state index in [1.807, 2.05) is 0 Å². The second-order valence-electron chi connectivity index (χ2n) is 8.29. The number of carbonyl (C=O) groups is 2. The summed E-state index contributed by atoms with van der Waals surface area (Å²) >= 11 is 0. The lowest BCUT2D eigenvalue weighted by Crippen LogP contribution is -2.59. The van der Waals surface area contributed by atoms with Gasteiger partial charge in [-0.05, 0) is 35.4 Å². The third kappa shape index (κ3) is 5.88. The first kappa shape index (κ1) is 27.7. The fraction of sp³-hybridized carbons (Fsp3) is 0.172. The van der Waals surface area contributed by atoms with Crippen molar-refractivity contribution in [2.24, 2.45) is 0 Å². The SMILES string of the molecule is COc1ccc(OC(=O)N[C@H](Oc2nc(OC)cc(OC)n2)C(C(=O)O)(c2ccccc2)c2ccccc2)cc1. The fourth-order valence-corrected chi connectivity index (χ4v) is 4.09. The number of hydrogen-bond donors (Lipinski definition) is 2. The van der Waals surface area contributed by atoms with E-state index >= 15 is 0 Å². The Morgan fingerprint density at radius 2 is 1.25 bits per heavy atom. The molecule has 0 bridgehead atoms. The smallest absolute Gasteiger partial charge is 0.415 e. The zero-order valence-electron chi connectivity index (χ0n) is 21.9. The minimum Gasteiger partial charge on any atom is -0.497 e. The van der Waals surface area contributed by atoms with Crippen molar-refractivity contribution in [3.63, 3.8) is 0 Å². The lowest BCUT2D eigenvalue weighted by molar-refractivity contribution is -0.146. The average Bonchev–Trinajstić information content (AvgIpc) is 2.98. The van der Waals surface area contributed by atoms with Crippen molar-refractivity contribution in [3.05, 3.63) is 102 Å². The molecule has 1 amide bonds. The minimum atomic E-state index is -1.99. The van der Waals surface area contributed by atoms with E-state index in [1.54, 1.807) is 72.8 Å². The topological polar surface area (TPSA) is 138 Å². The molecule has 11 heteroatoms. The molecule has 0 aliphatic carbocycles. The maximum Gasteiger partial charge on any atom is 0.415 e. The van der Waals surface area contributed by atoms with Crippen LogP contribution in [0.4, 0.5) is 4.79 Å². The van der Waals surface area contributed by atoms with Gasteiger partial charge in [0, 0.05) is 0 Å². The van der Waals surface area contributed by atoms with Crippen LogP contribution in [0.3, 0.4) is 0 Å². The lowest BCUT2D eigenvalue weighted by Gasteiger charge is -2.37. The summed E-state index contributed by atoms with van der Waals surface area (Å²) < 4.78 is 27.1.